The van der Waals surface area contributed by atoms with E-state index >= 15 is 0 Å². The minimum Gasteiger partial charge on any atom is -0.0312 e. The summed E-state index contributed by atoms with van der Waals surface area (Å²) >= 11 is 0. The van der Waals surface area contributed by atoms with Gasteiger partial charge in [0.25, 0.3) is 0 Å². The minimum atomic E-state index is 0. The Kier molecular flexibility index (Phi) is 23.2. The van der Waals surface area contributed by atoms with Crippen LogP contribution in [0, 0.1) is 121 Å². The average Bonchev–Trinajstić information content (AvgIpc) is 2.68. The fourth-order valence-corrected chi connectivity index (χ4v) is 0.898. The van der Waals surface area contributed by atoms with Crippen molar-refractivity contribution in [1.29, 1.82) is 0 Å². The number of hydrogen-bond acceptors (Lipinski definition) is 0. The van der Waals surface area contributed by atoms with Crippen LogP contribution in [0.15, 0.2) is 0 Å². The van der Waals surface area contributed by atoms with Gasteiger partial charge in [-0.3, -0.25) is 0 Å². The summed E-state index contributed by atoms with van der Waals surface area (Å²) in [6.07, 6.45) is 28.0. The van der Waals surface area contributed by atoms with Crippen molar-refractivity contribution in [3.8, 4) is 0 Å². The SMILES string of the molecule is [CH]1[CH][CH][CH][CH][CH][CH]1.[CH]1[CH][CH][CH][CH][CH][CH]1.[K+].[U]. The monoisotopic (exact) mass is 459 g/mol. The maximum atomic E-state index is 2.00. The van der Waals surface area contributed by atoms with Crippen LogP contribution in [0.5, 0.6) is 0 Å². The maximum Gasteiger partial charge on any atom is 1.00 e. The van der Waals surface area contributed by atoms with E-state index in [9.17, 15) is 0 Å². The minimum absolute atomic E-state index is 0. The molecule has 0 saturated heterocycles. The van der Waals surface area contributed by atoms with E-state index in [0.29, 0.717) is 0 Å². The number of hydrogen-bond donors (Lipinski definition) is 0. The van der Waals surface area contributed by atoms with Gasteiger partial charge >= 0.3 is 51.4 Å². The molecule has 2 saturated carbocycles. The van der Waals surface area contributed by atoms with Crippen molar-refractivity contribution < 1.29 is 82.5 Å². The fraction of sp³-hybridized carbons (Fsp3) is 0. The molecule has 0 N–H and O–H groups in total. The van der Waals surface area contributed by atoms with E-state index in [4.69, 9.17) is 0 Å². The van der Waals surface area contributed by atoms with Crippen molar-refractivity contribution in [3.05, 3.63) is 89.9 Å². The second kappa shape index (κ2) is 17.7. The van der Waals surface area contributed by atoms with E-state index in [1.165, 1.54) is 0 Å². The smallest absolute Gasteiger partial charge is 0.0312 e. The first-order chi connectivity index (χ1) is 7.00. The van der Waals surface area contributed by atoms with Gasteiger partial charge in [0, 0.05) is 31.1 Å². The zero-order valence-corrected chi connectivity index (χ0v) is 16.9. The molecule has 0 bridgehead atoms. The van der Waals surface area contributed by atoms with Crippen molar-refractivity contribution in [2.24, 2.45) is 0 Å². The predicted octanol–water partition coefficient (Wildman–Crippen LogP) is -0.136. The second-order valence-electron chi connectivity index (χ2n) is 2.69. The van der Waals surface area contributed by atoms with Gasteiger partial charge in [-0.05, 0) is 89.9 Å². The van der Waals surface area contributed by atoms with Crippen LogP contribution in [0.4, 0.5) is 0 Å². The molecule has 0 unspecified atom stereocenters. The Hall–Kier alpha value is 2.69. The Morgan fingerprint density at radius 3 is 0.375 bits per heavy atom. The average molecular weight is 459 g/mol. The van der Waals surface area contributed by atoms with Crippen molar-refractivity contribution in [2.75, 3.05) is 0 Å². The van der Waals surface area contributed by atoms with Gasteiger partial charge in [0.1, 0.15) is 0 Å². The topological polar surface area (TPSA) is 0 Å². The zero-order valence-electron chi connectivity index (χ0n) is 9.58. The van der Waals surface area contributed by atoms with E-state index in [1.807, 2.05) is 89.9 Å². The third-order valence-corrected chi connectivity index (χ3v) is 1.56. The molecule has 0 aromatic carbocycles. The molecule has 0 aromatic rings. The molecule has 0 nitrogen and oxygen atoms in total. The molecule has 0 heterocycles. The standard InChI is InChI=1S/2C7H7.K.U/c2*1-2-4-6-7-5-3-1;;/h2*1-7H;;/q;;+1;. The predicted molar refractivity (Wildman–Crippen MR) is 60.2 cm³/mol. The maximum absolute atomic E-state index is 2.00. The summed E-state index contributed by atoms with van der Waals surface area (Å²) in [7, 11) is 0. The Morgan fingerprint density at radius 1 is 0.250 bits per heavy atom. The molecule has 2 aliphatic rings. The Bertz CT molecular complexity index is 64.0. The largest absolute Gasteiger partial charge is 1.00 e. The molecular formula is C14H14KU+. The van der Waals surface area contributed by atoms with Crippen LogP contribution in [0.3, 0.4) is 0 Å². The summed E-state index contributed by atoms with van der Waals surface area (Å²) in [5, 5.41) is 0. The van der Waals surface area contributed by atoms with E-state index in [-0.39, 0.29) is 82.5 Å². The van der Waals surface area contributed by atoms with Gasteiger partial charge in [-0.1, -0.05) is 0 Å². The van der Waals surface area contributed by atoms with Gasteiger partial charge in [0.15, 0.2) is 0 Å². The molecule has 0 aromatic heterocycles. The quantitative estimate of drug-likeness (QED) is 0.350. The Morgan fingerprint density at radius 2 is 0.312 bits per heavy atom. The number of rotatable bonds is 0. The van der Waals surface area contributed by atoms with Gasteiger partial charge in [0.2, 0.25) is 0 Å². The summed E-state index contributed by atoms with van der Waals surface area (Å²) in [4.78, 5) is 0. The Balaban J connectivity index is 0. The van der Waals surface area contributed by atoms with Crippen LogP contribution in [0.1, 0.15) is 0 Å². The van der Waals surface area contributed by atoms with Crippen LogP contribution in [-0.2, 0) is 0 Å². The summed E-state index contributed by atoms with van der Waals surface area (Å²) in [6.45, 7) is 0. The molecule has 2 aliphatic carbocycles. The van der Waals surface area contributed by atoms with Crippen molar-refractivity contribution >= 4 is 0 Å². The van der Waals surface area contributed by atoms with Crippen LogP contribution in [0.2, 0.25) is 0 Å². The van der Waals surface area contributed by atoms with Crippen molar-refractivity contribution in [1.82, 2.24) is 0 Å². The summed E-state index contributed by atoms with van der Waals surface area (Å²) in [5.74, 6) is 0. The van der Waals surface area contributed by atoms with Crippen LogP contribution in [-0.4, -0.2) is 0 Å². The fourth-order valence-electron chi connectivity index (χ4n) is 0.898. The first-order valence-electron chi connectivity index (χ1n) is 4.67. The first-order valence-corrected chi connectivity index (χ1v) is 4.67. The second-order valence-corrected chi connectivity index (χ2v) is 2.69. The van der Waals surface area contributed by atoms with Gasteiger partial charge in [-0.2, -0.15) is 0 Å². The van der Waals surface area contributed by atoms with E-state index in [0.717, 1.165) is 0 Å². The molecule has 2 fully saturated rings. The van der Waals surface area contributed by atoms with Gasteiger partial charge in [-0.25, -0.2) is 0 Å². The molecule has 2 heteroatoms. The van der Waals surface area contributed by atoms with Crippen molar-refractivity contribution in [3.63, 3.8) is 0 Å². The van der Waals surface area contributed by atoms with Gasteiger partial charge < -0.3 is 0 Å². The summed E-state index contributed by atoms with van der Waals surface area (Å²) in [6, 6.07) is 0. The molecule has 0 spiro atoms. The molecule has 16 heavy (non-hydrogen) atoms. The Labute approximate surface area is 169 Å². The molecule has 0 atom stereocenters. The molecule has 2 rings (SSSR count). The summed E-state index contributed by atoms with van der Waals surface area (Å²) in [5.41, 5.74) is 0. The van der Waals surface area contributed by atoms with Crippen LogP contribution in [0.25, 0.3) is 0 Å². The molecule has 14 radical (unpaired) electrons. The van der Waals surface area contributed by atoms with E-state index in [1.54, 1.807) is 0 Å². The van der Waals surface area contributed by atoms with Gasteiger partial charge in [0.05, 0.1) is 0 Å². The molecular weight excluding hydrogens is 445 g/mol. The molecule has 0 amide bonds. The van der Waals surface area contributed by atoms with E-state index in [2.05, 4.69) is 0 Å². The third kappa shape index (κ3) is 14.7. The normalized spacial score (nSPS) is 21.0. The molecule has 0 aliphatic heterocycles. The van der Waals surface area contributed by atoms with Crippen molar-refractivity contribution in [2.45, 2.75) is 0 Å². The third-order valence-electron chi connectivity index (χ3n) is 1.56. The summed E-state index contributed by atoms with van der Waals surface area (Å²) < 4.78 is 0. The first kappa shape index (κ1) is 21.0. The zero-order chi connectivity index (χ0) is 9.90. The van der Waals surface area contributed by atoms with Crippen LogP contribution < -0.4 is 51.4 Å². The van der Waals surface area contributed by atoms with Gasteiger partial charge in [-0.15, -0.1) is 0 Å². The molecule has 74 valence electrons. The van der Waals surface area contributed by atoms with E-state index < -0.39 is 0 Å². The van der Waals surface area contributed by atoms with Crippen LogP contribution >= 0.6 is 0 Å².